The van der Waals surface area contributed by atoms with Crippen molar-refractivity contribution in [3.05, 3.63) is 113 Å². The summed E-state index contributed by atoms with van der Waals surface area (Å²) in [6.45, 7) is 1.78. The lowest BCUT2D eigenvalue weighted by atomic mass is 10.1. The van der Waals surface area contributed by atoms with Crippen molar-refractivity contribution in [1.82, 2.24) is 0 Å². The fraction of sp³-hybridized carbons (Fsp3) is 0.0769. The van der Waals surface area contributed by atoms with Crippen LogP contribution in [0.25, 0.3) is 6.08 Å². The summed E-state index contributed by atoms with van der Waals surface area (Å²) in [4.78, 5) is 24.9. The highest BCUT2D eigenvalue weighted by Gasteiger charge is 2.30. The predicted octanol–water partition coefficient (Wildman–Crippen LogP) is 5.32. The Morgan fingerprint density at radius 2 is 1.67 bits per heavy atom. The van der Waals surface area contributed by atoms with Crippen LogP contribution in [0, 0.1) is 6.92 Å². The lowest BCUT2D eigenvalue weighted by Crippen LogP contribution is -2.12. The molecule has 0 spiro atoms. The number of ether oxygens (including phenoxy) is 2. The van der Waals surface area contributed by atoms with E-state index in [0.29, 0.717) is 22.6 Å². The third-order valence-electron chi connectivity index (χ3n) is 4.79. The van der Waals surface area contributed by atoms with Gasteiger partial charge in [0.1, 0.15) is 11.5 Å². The van der Waals surface area contributed by atoms with Crippen molar-refractivity contribution in [1.29, 1.82) is 0 Å². The van der Waals surface area contributed by atoms with Crippen LogP contribution < -0.4 is 9.47 Å². The van der Waals surface area contributed by atoms with Crippen molar-refractivity contribution in [3.63, 3.8) is 0 Å². The van der Waals surface area contributed by atoms with Gasteiger partial charge in [0.25, 0.3) is 0 Å². The van der Waals surface area contributed by atoms with E-state index in [1.165, 1.54) is 0 Å². The standard InChI is InChI=1S/C26H20O4/c1-18-22(29-24(27)17-20-11-6-3-7-12-20)16-15-21-25(28)23(30-26(18)21)14-8-13-19-9-4-2-5-10-19/h2-16H,17H2,1H3/b13-8+,23-14-. The Kier molecular flexibility index (Phi) is 5.57. The molecule has 3 aromatic rings. The molecule has 0 fully saturated rings. The second-order valence-electron chi connectivity index (χ2n) is 6.93. The van der Waals surface area contributed by atoms with E-state index in [-0.39, 0.29) is 23.9 Å². The summed E-state index contributed by atoms with van der Waals surface area (Å²) in [6.07, 6.45) is 5.50. The van der Waals surface area contributed by atoms with Crippen LogP contribution in [0.5, 0.6) is 11.5 Å². The lowest BCUT2D eigenvalue weighted by molar-refractivity contribution is -0.133. The number of allylic oxidation sites excluding steroid dienone is 3. The van der Waals surface area contributed by atoms with Crippen LogP contribution in [0.15, 0.2) is 90.7 Å². The second kappa shape index (κ2) is 8.62. The molecule has 0 N–H and O–H groups in total. The van der Waals surface area contributed by atoms with Gasteiger partial charge >= 0.3 is 5.97 Å². The highest BCUT2D eigenvalue weighted by molar-refractivity contribution is 6.13. The Morgan fingerprint density at radius 3 is 2.40 bits per heavy atom. The highest BCUT2D eigenvalue weighted by Crippen LogP contribution is 2.38. The summed E-state index contributed by atoms with van der Waals surface area (Å²) in [5.74, 6) is 0.518. The van der Waals surface area contributed by atoms with E-state index in [1.807, 2.05) is 66.7 Å². The lowest BCUT2D eigenvalue weighted by Gasteiger charge is -2.10. The molecule has 0 unspecified atom stereocenters. The van der Waals surface area contributed by atoms with Gasteiger partial charge in [-0.15, -0.1) is 0 Å². The number of hydrogen-bond acceptors (Lipinski definition) is 4. The van der Waals surface area contributed by atoms with Crippen LogP contribution in [0.1, 0.15) is 27.0 Å². The summed E-state index contributed by atoms with van der Waals surface area (Å²) >= 11 is 0. The van der Waals surface area contributed by atoms with E-state index >= 15 is 0 Å². The van der Waals surface area contributed by atoms with Gasteiger partial charge in [0.05, 0.1) is 12.0 Å². The van der Waals surface area contributed by atoms with Crippen molar-refractivity contribution in [2.24, 2.45) is 0 Å². The SMILES string of the molecule is Cc1c(OC(=O)Cc2ccccc2)ccc2c1O/C(=C\C=C\c1ccccc1)C2=O. The summed E-state index contributed by atoms with van der Waals surface area (Å²) in [7, 11) is 0. The number of carbonyl (C=O) groups excluding carboxylic acids is 2. The quantitative estimate of drug-likeness (QED) is 0.333. The van der Waals surface area contributed by atoms with Gasteiger partial charge in [-0.25, -0.2) is 0 Å². The molecule has 148 valence electrons. The average Bonchev–Trinajstić information content (AvgIpc) is 3.08. The third-order valence-corrected chi connectivity index (χ3v) is 4.79. The Labute approximate surface area is 175 Å². The van der Waals surface area contributed by atoms with Crippen LogP contribution in [0.2, 0.25) is 0 Å². The van der Waals surface area contributed by atoms with Gasteiger partial charge in [-0.2, -0.15) is 0 Å². The number of hydrogen-bond donors (Lipinski definition) is 0. The maximum absolute atomic E-state index is 12.6. The molecule has 1 heterocycles. The summed E-state index contributed by atoms with van der Waals surface area (Å²) < 4.78 is 11.3. The van der Waals surface area contributed by atoms with E-state index in [0.717, 1.165) is 11.1 Å². The van der Waals surface area contributed by atoms with Gasteiger partial charge < -0.3 is 9.47 Å². The normalized spacial score (nSPS) is 14.0. The molecular weight excluding hydrogens is 376 g/mol. The second-order valence-corrected chi connectivity index (χ2v) is 6.93. The van der Waals surface area contributed by atoms with Crippen LogP contribution in [0.3, 0.4) is 0 Å². The minimum absolute atomic E-state index is 0.173. The number of benzene rings is 3. The number of fused-ring (bicyclic) bond motifs is 1. The molecule has 0 saturated carbocycles. The molecule has 0 aromatic heterocycles. The highest BCUT2D eigenvalue weighted by atomic mass is 16.5. The monoisotopic (exact) mass is 396 g/mol. The van der Waals surface area contributed by atoms with E-state index in [9.17, 15) is 9.59 Å². The molecule has 1 aliphatic rings. The van der Waals surface area contributed by atoms with Gasteiger partial charge in [0.2, 0.25) is 5.78 Å². The molecule has 0 saturated heterocycles. The molecule has 4 heteroatoms. The zero-order valence-corrected chi connectivity index (χ0v) is 16.5. The zero-order chi connectivity index (χ0) is 20.9. The minimum Gasteiger partial charge on any atom is -0.452 e. The van der Waals surface area contributed by atoms with Crippen LogP contribution in [-0.2, 0) is 11.2 Å². The Morgan fingerprint density at radius 1 is 0.967 bits per heavy atom. The molecular formula is C26H20O4. The largest absolute Gasteiger partial charge is 0.452 e. The smallest absolute Gasteiger partial charge is 0.315 e. The Hall–Kier alpha value is -3.92. The summed E-state index contributed by atoms with van der Waals surface area (Å²) in [5.41, 5.74) is 3.00. The van der Waals surface area contributed by atoms with Gasteiger partial charge in [-0.05, 0) is 36.3 Å². The molecule has 0 atom stereocenters. The van der Waals surface area contributed by atoms with E-state index in [1.54, 1.807) is 31.2 Å². The fourth-order valence-corrected chi connectivity index (χ4v) is 3.23. The van der Waals surface area contributed by atoms with Crippen LogP contribution in [-0.4, -0.2) is 11.8 Å². The number of esters is 1. The van der Waals surface area contributed by atoms with Crippen molar-refractivity contribution < 1.29 is 19.1 Å². The number of carbonyl (C=O) groups is 2. The van der Waals surface area contributed by atoms with Gasteiger partial charge in [-0.3, -0.25) is 9.59 Å². The van der Waals surface area contributed by atoms with Crippen molar-refractivity contribution in [2.75, 3.05) is 0 Å². The maximum Gasteiger partial charge on any atom is 0.315 e. The van der Waals surface area contributed by atoms with E-state index < -0.39 is 0 Å². The number of ketones is 1. The molecule has 0 aliphatic carbocycles. The first-order valence-corrected chi connectivity index (χ1v) is 9.66. The number of Topliss-reactive ketones (excluding diaryl/α,β-unsaturated/α-hetero) is 1. The van der Waals surface area contributed by atoms with Crippen LogP contribution in [0.4, 0.5) is 0 Å². The van der Waals surface area contributed by atoms with Crippen LogP contribution >= 0.6 is 0 Å². The molecule has 4 rings (SSSR count). The third kappa shape index (κ3) is 4.23. The average molecular weight is 396 g/mol. The first kappa shape index (κ1) is 19.4. The van der Waals surface area contributed by atoms with Gasteiger partial charge in [0.15, 0.2) is 5.76 Å². The fourth-order valence-electron chi connectivity index (χ4n) is 3.23. The van der Waals surface area contributed by atoms with E-state index in [2.05, 4.69) is 0 Å². The first-order valence-electron chi connectivity index (χ1n) is 9.66. The van der Waals surface area contributed by atoms with Crippen molar-refractivity contribution in [2.45, 2.75) is 13.3 Å². The van der Waals surface area contributed by atoms with Gasteiger partial charge in [0, 0.05) is 5.56 Å². The van der Waals surface area contributed by atoms with E-state index in [4.69, 9.17) is 9.47 Å². The van der Waals surface area contributed by atoms with Gasteiger partial charge in [-0.1, -0.05) is 72.8 Å². The minimum atomic E-state index is -0.366. The Balaban J connectivity index is 1.49. The summed E-state index contributed by atoms with van der Waals surface area (Å²) in [6, 6.07) is 22.5. The molecule has 0 radical (unpaired) electrons. The molecule has 0 amide bonds. The predicted molar refractivity (Wildman–Crippen MR) is 115 cm³/mol. The molecule has 3 aromatic carbocycles. The van der Waals surface area contributed by atoms with Crippen molar-refractivity contribution in [3.8, 4) is 11.5 Å². The first-order chi connectivity index (χ1) is 14.6. The molecule has 30 heavy (non-hydrogen) atoms. The topological polar surface area (TPSA) is 52.6 Å². The van der Waals surface area contributed by atoms with Crippen molar-refractivity contribution >= 4 is 17.8 Å². The summed E-state index contributed by atoms with van der Waals surface area (Å²) in [5, 5.41) is 0. The molecule has 4 nitrogen and oxygen atoms in total. The molecule has 0 bridgehead atoms. The molecule has 1 aliphatic heterocycles. The number of rotatable bonds is 5. The Bertz CT molecular complexity index is 1140. The zero-order valence-electron chi connectivity index (χ0n) is 16.5. The maximum atomic E-state index is 12.6.